The Morgan fingerprint density at radius 2 is 1.83 bits per heavy atom. The third-order valence-corrected chi connectivity index (χ3v) is 7.54. The quantitative estimate of drug-likeness (QED) is 0.275. The van der Waals surface area contributed by atoms with E-state index in [0.717, 1.165) is 40.2 Å². The van der Waals surface area contributed by atoms with Crippen LogP contribution in [0.1, 0.15) is 55.1 Å². The zero-order valence-electron chi connectivity index (χ0n) is 21.6. The van der Waals surface area contributed by atoms with Crippen molar-refractivity contribution in [1.82, 2.24) is 10.6 Å². The predicted molar refractivity (Wildman–Crippen MR) is 152 cm³/mol. The fourth-order valence-electron chi connectivity index (χ4n) is 4.03. The van der Waals surface area contributed by atoms with Gasteiger partial charge in [-0.25, -0.2) is 4.79 Å². The second-order valence-corrected chi connectivity index (χ2v) is 11.5. The molecule has 3 N–H and O–H groups in total. The smallest absolute Gasteiger partial charge is 0.326 e. The molecule has 5 nitrogen and oxygen atoms in total. The molecular weight excluding hydrogens is 476 g/mol. The molecule has 2 rings (SSSR count). The summed E-state index contributed by atoms with van der Waals surface area (Å²) in [5.41, 5.74) is 4.49. The molecule has 7 heteroatoms. The van der Waals surface area contributed by atoms with Crippen molar-refractivity contribution in [3.63, 3.8) is 0 Å². The number of aliphatic carboxylic acids is 1. The highest BCUT2D eigenvalue weighted by atomic mass is 32.2. The van der Waals surface area contributed by atoms with E-state index in [4.69, 9.17) is 0 Å². The number of carboxylic acid groups (broad SMARTS) is 1. The van der Waals surface area contributed by atoms with Gasteiger partial charge >= 0.3 is 5.97 Å². The Morgan fingerprint density at radius 1 is 1.09 bits per heavy atom. The number of aryl methyl sites for hydroxylation is 1. The monoisotopic (exact) mass is 516 g/mol. The Morgan fingerprint density at radius 3 is 2.46 bits per heavy atom. The van der Waals surface area contributed by atoms with Crippen molar-refractivity contribution >= 4 is 35.4 Å². The summed E-state index contributed by atoms with van der Waals surface area (Å²) in [6.45, 7) is 9.43. The standard InChI is InChI=1S/C28H40N2O3S2/c1-6-35-18-22(15-19(2)3)29-17-21-11-12-24(25(16-21)23-10-8-7-9-20(23)4)27(31)30-26(28(32)33)13-14-34-5/h7-12,16,19,22,26,29H,6,13-15,17-18H2,1-5H3,(H,30,31)(H,32,33). The fraction of sp³-hybridized carbons (Fsp3) is 0.500. The van der Waals surface area contributed by atoms with Gasteiger partial charge in [-0.1, -0.05) is 51.1 Å². The number of rotatable bonds is 15. The summed E-state index contributed by atoms with van der Waals surface area (Å²) in [4.78, 5) is 24.9. The van der Waals surface area contributed by atoms with Crippen molar-refractivity contribution in [2.45, 2.75) is 59.2 Å². The average Bonchev–Trinajstić information content (AvgIpc) is 2.83. The Bertz CT molecular complexity index is 965. The lowest BCUT2D eigenvalue weighted by Crippen LogP contribution is -2.41. The maximum Gasteiger partial charge on any atom is 0.326 e. The van der Waals surface area contributed by atoms with Crippen LogP contribution in [-0.4, -0.2) is 52.6 Å². The Balaban J connectivity index is 2.33. The van der Waals surface area contributed by atoms with E-state index in [1.54, 1.807) is 11.8 Å². The number of carbonyl (C=O) groups is 2. The van der Waals surface area contributed by atoms with Crippen LogP contribution in [-0.2, 0) is 11.3 Å². The molecule has 0 aliphatic carbocycles. The molecule has 0 aliphatic rings. The normalized spacial score (nSPS) is 13.0. The minimum Gasteiger partial charge on any atom is -0.480 e. The number of thioether (sulfide) groups is 2. The maximum absolute atomic E-state index is 13.2. The van der Waals surface area contributed by atoms with Gasteiger partial charge in [0, 0.05) is 23.9 Å². The van der Waals surface area contributed by atoms with Crippen LogP contribution in [0.3, 0.4) is 0 Å². The number of nitrogens with one attached hydrogen (secondary N) is 2. The SMILES string of the molecule is CCSCC(CC(C)C)NCc1ccc(C(=O)NC(CCSC)C(=O)O)c(-c2ccccc2C)c1. The molecule has 0 spiro atoms. The van der Waals surface area contributed by atoms with Gasteiger partial charge in [0.05, 0.1) is 0 Å². The number of benzene rings is 2. The van der Waals surface area contributed by atoms with Gasteiger partial charge in [0.25, 0.3) is 5.91 Å². The summed E-state index contributed by atoms with van der Waals surface area (Å²) in [5, 5.41) is 16.0. The lowest BCUT2D eigenvalue weighted by atomic mass is 9.93. The summed E-state index contributed by atoms with van der Waals surface area (Å²) in [7, 11) is 0. The molecule has 192 valence electrons. The first-order valence-electron chi connectivity index (χ1n) is 12.3. The van der Waals surface area contributed by atoms with E-state index in [1.165, 1.54) is 0 Å². The van der Waals surface area contributed by atoms with Crippen molar-refractivity contribution in [2.24, 2.45) is 5.92 Å². The van der Waals surface area contributed by atoms with Gasteiger partial charge in [-0.15, -0.1) is 0 Å². The van der Waals surface area contributed by atoms with Gasteiger partial charge in [0.2, 0.25) is 0 Å². The van der Waals surface area contributed by atoms with Gasteiger partial charge < -0.3 is 15.7 Å². The predicted octanol–water partition coefficient (Wildman–Crippen LogP) is 5.86. The van der Waals surface area contributed by atoms with Crippen LogP contribution in [0.5, 0.6) is 0 Å². The highest BCUT2D eigenvalue weighted by Gasteiger charge is 2.23. The van der Waals surface area contributed by atoms with Gasteiger partial charge in [0.15, 0.2) is 0 Å². The number of carbonyl (C=O) groups excluding carboxylic acids is 1. The van der Waals surface area contributed by atoms with Crippen molar-refractivity contribution in [3.05, 3.63) is 59.2 Å². The van der Waals surface area contributed by atoms with Crippen molar-refractivity contribution in [1.29, 1.82) is 0 Å². The molecule has 0 fully saturated rings. The molecule has 2 aromatic rings. The largest absolute Gasteiger partial charge is 0.480 e. The van der Waals surface area contributed by atoms with Gasteiger partial charge in [-0.2, -0.15) is 23.5 Å². The molecular formula is C28H40N2O3S2. The van der Waals surface area contributed by atoms with Crippen LogP contribution < -0.4 is 10.6 Å². The number of carboxylic acids is 1. The van der Waals surface area contributed by atoms with E-state index < -0.39 is 12.0 Å². The molecule has 0 aromatic heterocycles. The summed E-state index contributed by atoms with van der Waals surface area (Å²) in [6.07, 6.45) is 3.43. The van der Waals surface area contributed by atoms with Crippen molar-refractivity contribution in [2.75, 3.05) is 23.5 Å². The molecule has 0 heterocycles. The van der Waals surface area contributed by atoms with E-state index in [9.17, 15) is 14.7 Å². The van der Waals surface area contributed by atoms with Crippen molar-refractivity contribution in [3.8, 4) is 11.1 Å². The van der Waals surface area contributed by atoms with Gasteiger partial charge in [-0.05, 0) is 77.8 Å². The van der Waals surface area contributed by atoms with E-state index in [-0.39, 0.29) is 5.91 Å². The Hall–Kier alpha value is -1.96. The van der Waals surface area contributed by atoms with Crippen LogP contribution in [0.25, 0.3) is 11.1 Å². The van der Waals surface area contributed by atoms with E-state index >= 15 is 0 Å². The number of hydrogen-bond acceptors (Lipinski definition) is 5. The van der Waals surface area contributed by atoms with Crippen LogP contribution in [0.4, 0.5) is 0 Å². The molecule has 2 atom stereocenters. The van der Waals surface area contributed by atoms with Crippen molar-refractivity contribution < 1.29 is 14.7 Å². The zero-order chi connectivity index (χ0) is 25.8. The van der Waals surface area contributed by atoms with Gasteiger partial charge in [0.1, 0.15) is 6.04 Å². The molecule has 2 aromatic carbocycles. The molecule has 1 amide bonds. The minimum atomic E-state index is -1.01. The molecule has 2 unspecified atom stereocenters. The minimum absolute atomic E-state index is 0.353. The third kappa shape index (κ3) is 9.54. The molecule has 0 bridgehead atoms. The number of amides is 1. The van der Waals surface area contributed by atoms with Crippen LogP contribution >= 0.6 is 23.5 Å². The summed E-state index contributed by atoms with van der Waals surface area (Å²) >= 11 is 3.52. The highest BCUT2D eigenvalue weighted by Crippen LogP contribution is 2.28. The Labute approximate surface area is 219 Å². The zero-order valence-corrected chi connectivity index (χ0v) is 23.2. The van der Waals surface area contributed by atoms with Crippen LogP contribution in [0.15, 0.2) is 42.5 Å². The first-order chi connectivity index (χ1) is 16.8. The summed E-state index contributed by atoms with van der Waals surface area (Å²) < 4.78 is 0. The fourth-order valence-corrected chi connectivity index (χ4v) is 5.27. The van der Waals surface area contributed by atoms with Crippen LogP contribution in [0.2, 0.25) is 0 Å². The lowest BCUT2D eigenvalue weighted by molar-refractivity contribution is -0.139. The molecule has 35 heavy (non-hydrogen) atoms. The maximum atomic E-state index is 13.2. The van der Waals surface area contributed by atoms with E-state index in [2.05, 4.69) is 37.5 Å². The summed E-state index contributed by atoms with van der Waals surface area (Å²) in [5.74, 6) is 2.10. The van der Waals surface area contributed by atoms with Gasteiger partial charge in [-0.3, -0.25) is 4.79 Å². The van der Waals surface area contributed by atoms with Crippen LogP contribution in [0, 0.1) is 12.8 Å². The first kappa shape index (κ1) is 29.3. The molecule has 0 radical (unpaired) electrons. The Kier molecular flexibility index (Phi) is 12.7. The molecule has 0 saturated heterocycles. The topological polar surface area (TPSA) is 78.4 Å². The average molecular weight is 517 g/mol. The third-order valence-electron chi connectivity index (χ3n) is 5.85. The number of hydrogen-bond donors (Lipinski definition) is 3. The molecule has 0 aliphatic heterocycles. The summed E-state index contributed by atoms with van der Waals surface area (Å²) in [6, 6.07) is 13.4. The first-order valence-corrected chi connectivity index (χ1v) is 14.8. The highest BCUT2D eigenvalue weighted by molar-refractivity contribution is 7.99. The second kappa shape index (κ2) is 15.2. The second-order valence-electron chi connectivity index (χ2n) is 9.21. The van der Waals surface area contributed by atoms with E-state index in [1.807, 2.05) is 61.3 Å². The molecule has 0 saturated carbocycles. The lowest BCUT2D eigenvalue weighted by Gasteiger charge is -2.21. The van der Waals surface area contributed by atoms with E-state index in [0.29, 0.717) is 36.2 Å².